The molecule has 0 fully saturated rings. The van der Waals surface area contributed by atoms with Crippen LogP contribution in [0.25, 0.3) is 0 Å². The number of nitrogens with zero attached hydrogens (tertiary/aromatic N) is 2. The van der Waals surface area contributed by atoms with Crippen LogP contribution in [0.5, 0.6) is 0 Å². The number of hydrogen-bond donors (Lipinski definition) is 0. The van der Waals surface area contributed by atoms with E-state index in [1.807, 2.05) is 35.0 Å². The molecule has 2 rings (SSSR count). The number of rotatable bonds is 6. The molecule has 106 valence electrons. The van der Waals surface area contributed by atoms with Crippen molar-refractivity contribution in [3.8, 4) is 0 Å². The van der Waals surface area contributed by atoms with Crippen molar-refractivity contribution < 1.29 is 9.53 Å². The number of carbonyl (C=O) groups excluding carboxylic acids is 1. The number of methoxy groups -OCH3 is 1. The van der Waals surface area contributed by atoms with Crippen LogP contribution in [0.1, 0.15) is 41.6 Å². The maximum atomic E-state index is 11.3. The number of aromatic nitrogens is 2. The van der Waals surface area contributed by atoms with Crippen molar-refractivity contribution in [2.75, 3.05) is 7.11 Å². The van der Waals surface area contributed by atoms with Crippen LogP contribution in [0.4, 0.5) is 0 Å². The standard InChI is InChI=1S/C16H20N2O2/c1-12(2)9-18-10-14(11-19)15(17-18)16(20-3)13-7-5-4-6-8-13/h4-8,10-12,16H,9H2,1-3H3. The van der Waals surface area contributed by atoms with E-state index in [0.717, 1.165) is 18.4 Å². The molecule has 0 bridgehead atoms. The minimum atomic E-state index is -0.315. The van der Waals surface area contributed by atoms with Crippen molar-refractivity contribution in [3.63, 3.8) is 0 Å². The number of aldehydes is 1. The lowest BCUT2D eigenvalue weighted by Gasteiger charge is -2.14. The summed E-state index contributed by atoms with van der Waals surface area (Å²) in [4.78, 5) is 11.3. The van der Waals surface area contributed by atoms with Crippen LogP contribution in [0.3, 0.4) is 0 Å². The Balaban J connectivity index is 2.38. The van der Waals surface area contributed by atoms with Crippen LogP contribution >= 0.6 is 0 Å². The molecular formula is C16H20N2O2. The molecule has 1 atom stereocenters. The van der Waals surface area contributed by atoms with Crippen LogP contribution in [0.15, 0.2) is 36.5 Å². The first-order valence-corrected chi connectivity index (χ1v) is 6.76. The lowest BCUT2D eigenvalue weighted by Crippen LogP contribution is -2.09. The van der Waals surface area contributed by atoms with Crippen molar-refractivity contribution in [2.45, 2.75) is 26.5 Å². The highest BCUT2D eigenvalue weighted by atomic mass is 16.5. The third-order valence-electron chi connectivity index (χ3n) is 3.09. The van der Waals surface area contributed by atoms with Crippen molar-refractivity contribution in [1.29, 1.82) is 0 Å². The molecule has 0 spiro atoms. The molecule has 0 aliphatic rings. The van der Waals surface area contributed by atoms with Gasteiger partial charge in [0.1, 0.15) is 11.8 Å². The fourth-order valence-corrected chi connectivity index (χ4v) is 2.25. The fourth-order valence-electron chi connectivity index (χ4n) is 2.25. The Morgan fingerprint density at radius 3 is 2.55 bits per heavy atom. The Labute approximate surface area is 119 Å². The van der Waals surface area contributed by atoms with E-state index in [4.69, 9.17) is 4.74 Å². The molecule has 1 aromatic heterocycles. The first-order valence-electron chi connectivity index (χ1n) is 6.76. The number of benzene rings is 1. The predicted octanol–water partition coefficient (Wildman–Crippen LogP) is 3.09. The van der Waals surface area contributed by atoms with Gasteiger partial charge in [-0.05, 0) is 11.5 Å². The lowest BCUT2D eigenvalue weighted by atomic mass is 10.0. The van der Waals surface area contributed by atoms with Crippen LogP contribution in [0, 0.1) is 5.92 Å². The van der Waals surface area contributed by atoms with E-state index < -0.39 is 0 Å². The summed E-state index contributed by atoms with van der Waals surface area (Å²) < 4.78 is 7.37. The van der Waals surface area contributed by atoms with Gasteiger partial charge in [-0.15, -0.1) is 0 Å². The van der Waals surface area contributed by atoms with Gasteiger partial charge >= 0.3 is 0 Å². The summed E-state index contributed by atoms with van der Waals surface area (Å²) in [6, 6.07) is 9.81. The van der Waals surface area contributed by atoms with E-state index in [1.165, 1.54) is 0 Å². The Morgan fingerprint density at radius 2 is 2.00 bits per heavy atom. The van der Waals surface area contributed by atoms with Gasteiger partial charge < -0.3 is 4.74 Å². The zero-order valence-electron chi connectivity index (χ0n) is 12.1. The molecule has 4 nitrogen and oxygen atoms in total. The summed E-state index contributed by atoms with van der Waals surface area (Å²) in [5, 5.41) is 4.53. The van der Waals surface area contributed by atoms with Crippen LogP contribution in [-0.4, -0.2) is 23.2 Å². The van der Waals surface area contributed by atoms with Crippen LogP contribution < -0.4 is 0 Å². The Bertz CT molecular complexity index is 561. The maximum absolute atomic E-state index is 11.3. The monoisotopic (exact) mass is 272 g/mol. The zero-order chi connectivity index (χ0) is 14.5. The highest BCUT2D eigenvalue weighted by Gasteiger charge is 2.21. The largest absolute Gasteiger partial charge is 0.370 e. The molecule has 0 aliphatic carbocycles. The molecule has 0 aliphatic heterocycles. The van der Waals surface area contributed by atoms with Crippen molar-refractivity contribution in [3.05, 3.63) is 53.3 Å². The first-order chi connectivity index (χ1) is 9.65. The minimum absolute atomic E-state index is 0.315. The second kappa shape index (κ2) is 6.48. The molecule has 0 amide bonds. The second-order valence-corrected chi connectivity index (χ2v) is 5.23. The predicted molar refractivity (Wildman–Crippen MR) is 77.7 cm³/mol. The summed E-state index contributed by atoms with van der Waals surface area (Å²) in [5.41, 5.74) is 2.25. The average Bonchev–Trinajstić information content (AvgIpc) is 2.83. The zero-order valence-corrected chi connectivity index (χ0v) is 12.1. The van der Waals surface area contributed by atoms with Gasteiger partial charge in [0.15, 0.2) is 6.29 Å². The van der Waals surface area contributed by atoms with Gasteiger partial charge in [0.2, 0.25) is 0 Å². The van der Waals surface area contributed by atoms with Gasteiger partial charge in [-0.2, -0.15) is 5.10 Å². The highest BCUT2D eigenvalue weighted by molar-refractivity contribution is 5.76. The van der Waals surface area contributed by atoms with Crippen molar-refractivity contribution in [1.82, 2.24) is 9.78 Å². The minimum Gasteiger partial charge on any atom is -0.370 e. The Hall–Kier alpha value is -1.94. The lowest BCUT2D eigenvalue weighted by molar-refractivity contribution is 0.110. The van der Waals surface area contributed by atoms with E-state index in [0.29, 0.717) is 17.2 Å². The summed E-state index contributed by atoms with van der Waals surface area (Å²) in [6.45, 7) is 5.02. The molecule has 1 unspecified atom stereocenters. The summed E-state index contributed by atoms with van der Waals surface area (Å²) in [5.74, 6) is 0.472. The molecule has 20 heavy (non-hydrogen) atoms. The van der Waals surface area contributed by atoms with E-state index in [2.05, 4.69) is 18.9 Å². The Kier molecular flexibility index (Phi) is 4.69. The molecule has 4 heteroatoms. The first kappa shape index (κ1) is 14.5. The summed E-state index contributed by atoms with van der Waals surface area (Å²) in [6.07, 6.45) is 2.32. The van der Waals surface area contributed by atoms with Gasteiger partial charge in [0.25, 0.3) is 0 Å². The fraction of sp³-hybridized carbons (Fsp3) is 0.375. The van der Waals surface area contributed by atoms with Gasteiger partial charge in [0.05, 0.1) is 5.56 Å². The van der Waals surface area contributed by atoms with E-state index in [9.17, 15) is 4.79 Å². The molecule has 1 heterocycles. The van der Waals surface area contributed by atoms with E-state index in [-0.39, 0.29) is 6.10 Å². The quantitative estimate of drug-likeness (QED) is 0.759. The van der Waals surface area contributed by atoms with E-state index >= 15 is 0 Å². The van der Waals surface area contributed by atoms with Gasteiger partial charge in [-0.3, -0.25) is 9.48 Å². The topological polar surface area (TPSA) is 44.1 Å². The van der Waals surface area contributed by atoms with Gasteiger partial charge in [-0.1, -0.05) is 44.2 Å². The van der Waals surface area contributed by atoms with Crippen LogP contribution in [0.2, 0.25) is 0 Å². The Morgan fingerprint density at radius 1 is 1.30 bits per heavy atom. The van der Waals surface area contributed by atoms with Crippen molar-refractivity contribution in [2.24, 2.45) is 5.92 Å². The number of hydrogen-bond acceptors (Lipinski definition) is 3. The molecule has 0 saturated heterocycles. The number of carbonyl (C=O) groups is 1. The molecule has 0 N–H and O–H groups in total. The molecular weight excluding hydrogens is 252 g/mol. The third-order valence-corrected chi connectivity index (χ3v) is 3.09. The van der Waals surface area contributed by atoms with Gasteiger partial charge in [0, 0.05) is 19.9 Å². The summed E-state index contributed by atoms with van der Waals surface area (Å²) >= 11 is 0. The van der Waals surface area contributed by atoms with E-state index in [1.54, 1.807) is 13.3 Å². The summed E-state index contributed by atoms with van der Waals surface area (Å²) in [7, 11) is 1.63. The second-order valence-electron chi connectivity index (χ2n) is 5.23. The number of ether oxygens (including phenoxy) is 1. The maximum Gasteiger partial charge on any atom is 0.153 e. The third kappa shape index (κ3) is 3.14. The molecule has 0 saturated carbocycles. The molecule has 1 aromatic carbocycles. The van der Waals surface area contributed by atoms with Gasteiger partial charge in [-0.25, -0.2) is 0 Å². The highest BCUT2D eigenvalue weighted by Crippen LogP contribution is 2.26. The van der Waals surface area contributed by atoms with Crippen molar-refractivity contribution >= 4 is 6.29 Å². The molecule has 0 radical (unpaired) electrons. The normalized spacial score (nSPS) is 12.6. The average molecular weight is 272 g/mol. The smallest absolute Gasteiger partial charge is 0.153 e. The SMILES string of the molecule is COC(c1ccccc1)c1nn(CC(C)C)cc1C=O. The molecule has 2 aromatic rings. The van der Waals surface area contributed by atoms with Crippen LogP contribution in [-0.2, 0) is 11.3 Å².